The van der Waals surface area contributed by atoms with Crippen molar-refractivity contribution in [3.63, 3.8) is 0 Å². The summed E-state index contributed by atoms with van der Waals surface area (Å²) < 4.78 is 19.7. The fraction of sp³-hybridized carbons (Fsp3) is 0.357. The van der Waals surface area contributed by atoms with Gasteiger partial charge in [-0.25, -0.2) is 13.9 Å². The number of esters is 1. The van der Waals surface area contributed by atoms with Crippen LogP contribution in [0.5, 0.6) is 0 Å². The molecule has 0 spiro atoms. The molecule has 1 aromatic carbocycles. The Morgan fingerprint density at radius 1 is 1.48 bits per heavy atom. The SMILES string of the molecule is CCCc1c(C(=O)OC)nnn1Cc1cccc(F)c1Cl. The van der Waals surface area contributed by atoms with Crippen LogP contribution in [0.15, 0.2) is 18.2 Å². The first kappa shape index (κ1) is 15.4. The first-order valence-corrected chi connectivity index (χ1v) is 6.89. The normalized spacial score (nSPS) is 10.7. The van der Waals surface area contributed by atoms with Crippen LogP contribution < -0.4 is 0 Å². The van der Waals surface area contributed by atoms with Crippen molar-refractivity contribution >= 4 is 17.6 Å². The Hall–Kier alpha value is -1.95. The van der Waals surface area contributed by atoms with Gasteiger partial charge in [-0.2, -0.15) is 0 Å². The Morgan fingerprint density at radius 2 is 2.24 bits per heavy atom. The van der Waals surface area contributed by atoms with Gasteiger partial charge in [0.1, 0.15) is 5.82 Å². The molecular formula is C14H15ClFN3O2. The molecule has 0 saturated carbocycles. The molecule has 0 fully saturated rings. The summed E-state index contributed by atoms with van der Waals surface area (Å²) in [4.78, 5) is 11.7. The van der Waals surface area contributed by atoms with Crippen LogP contribution >= 0.6 is 11.6 Å². The Bertz CT molecular complexity index is 658. The summed E-state index contributed by atoms with van der Waals surface area (Å²) in [5.41, 5.74) is 1.42. The molecule has 0 aliphatic rings. The van der Waals surface area contributed by atoms with Gasteiger partial charge >= 0.3 is 5.97 Å². The maximum atomic E-state index is 13.5. The number of ether oxygens (including phenoxy) is 1. The van der Waals surface area contributed by atoms with E-state index in [4.69, 9.17) is 11.6 Å². The first-order chi connectivity index (χ1) is 10.1. The van der Waals surface area contributed by atoms with Gasteiger partial charge in [0.05, 0.1) is 24.4 Å². The van der Waals surface area contributed by atoms with Crippen LogP contribution in [0, 0.1) is 5.82 Å². The van der Waals surface area contributed by atoms with Crippen LogP contribution in [0.1, 0.15) is 35.1 Å². The third kappa shape index (κ3) is 3.21. The lowest BCUT2D eigenvalue weighted by atomic mass is 10.2. The quantitative estimate of drug-likeness (QED) is 0.797. The van der Waals surface area contributed by atoms with Crippen molar-refractivity contribution in [2.24, 2.45) is 0 Å². The lowest BCUT2D eigenvalue weighted by Gasteiger charge is -2.08. The summed E-state index contributed by atoms with van der Waals surface area (Å²) in [6.07, 6.45) is 1.43. The number of benzene rings is 1. The highest BCUT2D eigenvalue weighted by molar-refractivity contribution is 6.31. The maximum absolute atomic E-state index is 13.5. The number of rotatable bonds is 5. The molecule has 7 heteroatoms. The molecule has 0 aliphatic heterocycles. The number of hydrogen-bond donors (Lipinski definition) is 0. The zero-order valence-electron chi connectivity index (χ0n) is 11.8. The van der Waals surface area contributed by atoms with E-state index in [9.17, 15) is 9.18 Å². The molecule has 0 radical (unpaired) electrons. The molecule has 5 nitrogen and oxygen atoms in total. The Balaban J connectivity index is 2.38. The summed E-state index contributed by atoms with van der Waals surface area (Å²) in [5, 5.41) is 7.86. The van der Waals surface area contributed by atoms with Crippen molar-refractivity contribution in [3.05, 3.63) is 46.0 Å². The van der Waals surface area contributed by atoms with Crippen molar-refractivity contribution in [3.8, 4) is 0 Å². The van der Waals surface area contributed by atoms with Gasteiger partial charge in [0, 0.05) is 0 Å². The molecule has 0 saturated heterocycles. The Morgan fingerprint density at radius 3 is 2.90 bits per heavy atom. The summed E-state index contributed by atoms with van der Waals surface area (Å²) >= 11 is 5.94. The smallest absolute Gasteiger partial charge is 0.360 e. The number of nitrogens with zero attached hydrogens (tertiary/aromatic N) is 3. The minimum Gasteiger partial charge on any atom is -0.464 e. The van der Waals surface area contributed by atoms with Gasteiger partial charge in [-0.05, 0) is 18.1 Å². The molecule has 2 rings (SSSR count). The van der Waals surface area contributed by atoms with E-state index < -0.39 is 11.8 Å². The minimum atomic E-state index is -0.532. The Labute approximate surface area is 126 Å². The average Bonchev–Trinajstić information content (AvgIpc) is 2.86. The molecule has 0 aliphatic carbocycles. The molecule has 1 aromatic heterocycles. The predicted molar refractivity (Wildman–Crippen MR) is 75.9 cm³/mol. The largest absolute Gasteiger partial charge is 0.464 e. The van der Waals surface area contributed by atoms with Crippen molar-refractivity contribution in [1.29, 1.82) is 0 Å². The van der Waals surface area contributed by atoms with Gasteiger partial charge < -0.3 is 4.74 Å². The van der Waals surface area contributed by atoms with Crippen LogP contribution in [0.3, 0.4) is 0 Å². The van der Waals surface area contributed by atoms with E-state index >= 15 is 0 Å². The number of hydrogen-bond acceptors (Lipinski definition) is 4. The second kappa shape index (κ2) is 6.67. The molecule has 112 valence electrons. The van der Waals surface area contributed by atoms with Crippen LogP contribution in [-0.2, 0) is 17.7 Å². The van der Waals surface area contributed by atoms with Gasteiger partial charge in [-0.1, -0.05) is 42.3 Å². The zero-order valence-corrected chi connectivity index (χ0v) is 12.5. The summed E-state index contributed by atoms with van der Waals surface area (Å²) in [6, 6.07) is 4.58. The van der Waals surface area contributed by atoms with E-state index in [1.807, 2.05) is 6.92 Å². The van der Waals surface area contributed by atoms with E-state index in [2.05, 4.69) is 15.0 Å². The van der Waals surface area contributed by atoms with Crippen LogP contribution in [0.25, 0.3) is 0 Å². The number of methoxy groups -OCH3 is 1. The highest BCUT2D eigenvalue weighted by Crippen LogP contribution is 2.21. The molecule has 0 atom stereocenters. The van der Waals surface area contributed by atoms with Gasteiger partial charge in [0.2, 0.25) is 0 Å². The third-order valence-corrected chi connectivity index (χ3v) is 3.48. The fourth-order valence-electron chi connectivity index (χ4n) is 2.03. The maximum Gasteiger partial charge on any atom is 0.360 e. The number of halogens is 2. The van der Waals surface area contributed by atoms with Crippen LogP contribution in [0.4, 0.5) is 4.39 Å². The molecule has 0 bridgehead atoms. The van der Waals surface area contributed by atoms with E-state index in [1.165, 1.54) is 13.2 Å². The van der Waals surface area contributed by atoms with E-state index in [1.54, 1.807) is 16.8 Å². The molecule has 0 unspecified atom stereocenters. The van der Waals surface area contributed by atoms with Gasteiger partial charge in [0.25, 0.3) is 0 Å². The van der Waals surface area contributed by atoms with Gasteiger partial charge in [-0.3, -0.25) is 0 Å². The van der Waals surface area contributed by atoms with Gasteiger partial charge in [0.15, 0.2) is 5.69 Å². The fourth-order valence-corrected chi connectivity index (χ4v) is 2.22. The molecule has 1 heterocycles. The van der Waals surface area contributed by atoms with E-state index in [0.29, 0.717) is 17.7 Å². The molecular weight excluding hydrogens is 297 g/mol. The topological polar surface area (TPSA) is 57.0 Å². The molecule has 21 heavy (non-hydrogen) atoms. The van der Waals surface area contributed by atoms with Crippen molar-refractivity contribution in [1.82, 2.24) is 15.0 Å². The average molecular weight is 312 g/mol. The first-order valence-electron chi connectivity index (χ1n) is 6.52. The third-order valence-electron chi connectivity index (χ3n) is 3.05. The van der Waals surface area contributed by atoms with Crippen LogP contribution in [-0.4, -0.2) is 28.1 Å². The summed E-state index contributed by atoms with van der Waals surface area (Å²) in [5.74, 6) is -1.02. The van der Waals surface area contributed by atoms with Crippen molar-refractivity contribution < 1.29 is 13.9 Å². The van der Waals surface area contributed by atoms with Crippen molar-refractivity contribution in [2.75, 3.05) is 7.11 Å². The molecule has 2 aromatic rings. The lowest BCUT2D eigenvalue weighted by Crippen LogP contribution is -2.11. The van der Waals surface area contributed by atoms with E-state index in [0.717, 1.165) is 6.42 Å². The minimum absolute atomic E-state index is 0.0510. The number of carbonyl (C=O) groups is 1. The second-order valence-electron chi connectivity index (χ2n) is 4.50. The Kier molecular flexibility index (Phi) is 4.90. The monoisotopic (exact) mass is 311 g/mol. The summed E-state index contributed by atoms with van der Waals surface area (Å²) in [7, 11) is 1.29. The standard InChI is InChI=1S/C14H15ClFN3O2/c1-3-5-11-13(14(20)21-2)17-18-19(11)8-9-6-4-7-10(16)12(9)15/h4,6-7H,3,5,8H2,1-2H3. The number of carbonyl (C=O) groups excluding carboxylic acids is 1. The second-order valence-corrected chi connectivity index (χ2v) is 4.87. The van der Waals surface area contributed by atoms with Gasteiger partial charge in [-0.15, -0.1) is 5.10 Å². The highest BCUT2D eigenvalue weighted by Gasteiger charge is 2.20. The number of aromatic nitrogens is 3. The van der Waals surface area contributed by atoms with Crippen molar-refractivity contribution in [2.45, 2.75) is 26.3 Å². The molecule has 0 N–H and O–H groups in total. The van der Waals surface area contributed by atoms with Crippen LogP contribution in [0.2, 0.25) is 5.02 Å². The van der Waals surface area contributed by atoms with E-state index in [-0.39, 0.29) is 17.3 Å². The molecule has 0 amide bonds. The zero-order chi connectivity index (χ0) is 15.4. The lowest BCUT2D eigenvalue weighted by molar-refractivity contribution is 0.0592. The predicted octanol–water partition coefficient (Wildman–Crippen LogP) is 2.86. The highest BCUT2D eigenvalue weighted by atomic mass is 35.5. The summed E-state index contributed by atoms with van der Waals surface area (Å²) in [6.45, 7) is 2.23.